The third-order valence-corrected chi connectivity index (χ3v) is 4.45. The minimum atomic E-state index is -0.262. The van der Waals surface area contributed by atoms with Crippen LogP contribution in [0.4, 0.5) is 4.39 Å². The molecule has 22 heavy (non-hydrogen) atoms. The summed E-state index contributed by atoms with van der Waals surface area (Å²) in [4.78, 5) is 16.3. The summed E-state index contributed by atoms with van der Waals surface area (Å²) in [5.41, 5.74) is 2.62. The van der Waals surface area contributed by atoms with Gasteiger partial charge in [0.05, 0.1) is 0 Å². The Hall–Kier alpha value is -2.08. The normalized spacial score (nSPS) is 15.6. The summed E-state index contributed by atoms with van der Waals surface area (Å²) < 4.78 is 13.0. The number of aryl methyl sites for hydroxylation is 1. The van der Waals surface area contributed by atoms with Crippen LogP contribution < -0.4 is 0 Å². The quantitative estimate of drug-likeness (QED) is 0.813. The predicted octanol–water partition coefficient (Wildman–Crippen LogP) is 3.16. The zero-order chi connectivity index (χ0) is 15.5. The Morgan fingerprint density at radius 2 is 2.18 bits per heavy atom. The molecular weight excluding hydrogens is 301 g/mol. The van der Waals surface area contributed by atoms with Gasteiger partial charge in [-0.25, -0.2) is 14.4 Å². The van der Waals surface area contributed by atoms with Gasteiger partial charge in [0.15, 0.2) is 0 Å². The van der Waals surface area contributed by atoms with E-state index >= 15 is 0 Å². The van der Waals surface area contributed by atoms with Gasteiger partial charge in [0.25, 0.3) is 0 Å². The van der Waals surface area contributed by atoms with Gasteiger partial charge in [0.1, 0.15) is 16.5 Å². The van der Waals surface area contributed by atoms with E-state index in [0.717, 1.165) is 28.4 Å². The van der Waals surface area contributed by atoms with Gasteiger partial charge in [-0.15, -0.1) is 11.3 Å². The second-order valence-electron chi connectivity index (χ2n) is 5.26. The van der Waals surface area contributed by atoms with Crippen LogP contribution in [0.15, 0.2) is 34.7 Å². The van der Waals surface area contributed by atoms with Gasteiger partial charge >= 0.3 is 0 Å². The second-order valence-corrected chi connectivity index (χ2v) is 6.12. The Labute approximate surface area is 132 Å². The first kappa shape index (κ1) is 14.8. The summed E-state index contributed by atoms with van der Waals surface area (Å²) >= 11 is 1.51. The molecule has 1 aromatic heterocycles. The molecule has 1 fully saturated rings. The van der Waals surface area contributed by atoms with Crippen LogP contribution in [0.2, 0.25) is 0 Å². The van der Waals surface area contributed by atoms with Crippen LogP contribution in [0.5, 0.6) is 0 Å². The number of aromatic nitrogens is 1. The van der Waals surface area contributed by atoms with Crippen molar-refractivity contribution in [1.82, 2.24) is 9.99 Å². The molecule has 0 atom stereocenters. The number of halogens is 1. The summed E-state index contributed by atoms with van der Waals surface area (Å²) in [5, 5.41) is 8.80. The first-order chi connectivity index (χ1) is 10.6. The highest BCUT2D eigenvalue weighted by molar-refractivity contribution is 7.11. The van der Waals surface area contributed by atoms with E-state index in [1.165, 1.54) is 28.5 Å². The Bertz CT molecular complexity index is 708. The van der Waals surface area contributed by atoms with Crippen molar-refractivity contribution < 1.29 is 9.18 Å². The number of hydrogen-bond acceptors (Lipinski definition) is 4. The van der Waals surface area contributed by atoms with Crippen molar-refractivity contribution in [2.24, 2.45) is 5.10 Å². The van der Waals surface area contributed by atoms with Crippen LogP contribution in [0.1, 0.15) is 29.1 Å². The van der Waals surface area contributed by atoms with Crippen LogP contribution in [0.3, 0.4) is 0 Å². The molecule has 2 aromatic rings. The van der Waals surface area contributed by atoms with Crippen LogP contribution in [0.25, 0.3) is 0 Å². The SMILES string of the molecule is Cc1csc(/C(Cc2ccc(F)cc2)=N\N2CCCC2=O)n1. The Balaban J connectivity index is 1.90. The molecule has 1 amide bonds. The summed E-state index contributed by atoms with van der Waals surface area (Å²) in [5.74, 6) is -0.216. The van der Waals surface area contributed by atoms with Crippen molar-refractivity contribution in [3.05, 3.63) is 51.7 Å². The van der Waals surface area contributed by atoms with Gasteiger partial charge in [0.2, 0.25) is 5.91 Å². The van der Waals surface area contributed by atoms with Crippen molar-refractivity contribution in [3.8, 4) is 0 Å². The van der Waals surface area contributed by atoms with E-state index < -0.39 is 0 Å². The van der Waals surface area contributed by atoms with Gasteiger partial charge in [-0.3, -0.25) is 4.79 Å². The van der Waals surface area contributed by atoms with Crippen molar-refractivity contribution in [2.45, 2.75) is 26.2 Å². The fourth-order valence-electron chi connectivity index (χ4n) is 2.32. The lowest BCUT2D eigenvalue weighted by atomic mass is 10.1. The first-order valence-electron chi connectivity index (χ1n) is 7.16. The lowest BCUT2D eigenvalue weighted by Crippen LogP contribution is -2.21. The molecule has 6 heteroatoms. The van der Waals surface area contributed by atoms with Crippen LogP contribution in [0, 0.1) is 12.7 Å². The van der Waals surface area contributed by atoms with Gasteiger partial charge in [-0.2, -0.15) is 5.10 Å². The van der Waals surface area contributed by atoms with E-state index in [1.54, 1.807) is 12.1 Å². The van der Waals surface area contributed by atoms with Crippen molar-refractivity contribution in [1.29, 1.82) is 0 Å². The second kappa shape index (κ2) is 6.36. The Kier molecular flexibility index (Phi) is 4.29. The standard InChI is InChI=1S/C16H16FN3OS/c1-11-10-22-16(18-11)14(19-20-8-2-3-15(20)21)9-12-4-6-13(17)7-5-12/h4-7,10H,2-3,8-9H2,1H3/b19-14-. The molecule has 3 rings (SSSR count). The third-order valence-electron chi connectivity index (χ3n) is 3.44. The average Bonchev–Trinajstić information content (AvgIpc) is 3.10. The van der Waals surface area contributed by atoms with E-state index in [4.69, 9.17) is 0 Å². The maximum atomic E-state index is 13.0. The number of carbonyl (C=O) groups excluding carboxylic acids is 1. The topological polar surface area (TPSA) is 45.6 Å². The summed E-state index contributed by atoms with van der Waals surface area (Å²) in [7, 11) is 0. The van der Waals surface area contributed by atoms with E-state index in [9.17, 15) is 9.18 Å². The fraction of sp³-hybridized carbons (Fsp3) is 0.312. The molecule has 0 saturated carbocycles. The highest BCUT2D eigenvalue weighted by Crippen LogP contribution is 2.17. The fourth-order valence-corrected chi connectivity index (χ4v) is 3.10. The van der Waals surface area contributed by atoms with Crippen molar-refractivity contribution in [2.75, 3.05) is 6.54 Å². The van der Waals surface area contributed by atoms with E-state index in [0.29, 0.717) is 19.4 Å². The monoisotopic (exact) mass is 317 g/mol. The number of hydrazone groups is 1. The van der Waals surface area contributed by atoms with Gasteiger partial charge in [-0.05, 0) is 31.0 Å². The highest BCUT2D eigenvalue weighted by Gasteiger charge is 2.21. The molecule has 0 spiro atoms. The van der Waals surface area contributed by atoms with E-state index in [1.807, 2.05) is 12.3 Å². The summed E-state index contributed by atoms with van der Waals surface area (Å²) in [6.07, 6.45) is 1.91. The Morgan fingerprint density at radius 1 is 1.41 bits per heavy atom. The number of thiazole rings is 1. The van der Waals surface area contributed by atoms with Crippen LogP contribution in [-0.4, -0.2) is 28.2 Å². The minimum Gasteiger partial charge on any atom is -0.273 e. The molecule has 1 aromatic carbocycles. The predicted molar refractivity (Wildman–Crippen MR) is 84.4 cm³/mol. The number of rotatable bonds is 4. The van der Waals surface area contributed by atoms with Gasteiger partial charge < -0.3 is 0 Å². The number of benzene rings is 1. The van der Waals surface area contributed by atoms with Gasteiger partial charge in [-0.1, -0.05) is 12.1 Å². The first-order valence-corrected chi connectivity index (χ1v) is 8.04. The third kappa shape index (κ3) is 3.39. The molecule has 1 saturated heterocycles. The molecule has 2 heterocycles. The van der Waals surface area contributed by atoms with Gasteiger partial charge in [0, 0.05) is 30.5 Å². The molecule has 114 valence electrons. The zero-order valence-corrected chi connectivity index (χ0v) is 13.1. The summed E-state index contributed by atoms with van der Waals surface area (Å²) in [6.45, 7) is 2.58. The molecule has 0 aliphatic carbocycles. The van der Waals surface area contributed by atoms with E-state index in [-0.39, 0.29) is 11.7 Å². The zero-order valence-electron chi connectivity index (χ0n) is 12.3. The highest BCUT2D eigenvalue weighted by atomic mass is 32.1. The molecule has 0 bridgehead atoms. The van der Waals surface area contributed by atoms with Crippen LogP contribution in [-0.2, 0) is 11.2 Å². The van der Waals surface area contributed by atoms with Crippen LogP contribution >= 0.6 is 11.3 Å². The van der Waals surface area contributed by atoms with Crippen molar-refractivity contribution >= 4 is 23.0 Å². The summed E-state index contributed by atoms with van der Waals surface area (Å²) in [6, 6.07) is 6.33. The molecule has 4 nitrogen and oxygen atoms in total. The average molecular weight is 317 g/mol. The molecule has 0 N–H and O–H groups in total. The molecular formula is C16H16FN3OS. The number of hydrogen-bond donors (Lipinski definition) is 0. The Morgan fingerprint density at radius 3 is 2.77 bits per heavy atom. The molecule has 0 unspecified atom stereocenters. The largest absolute Gasteiger partial charge is 0.273 e. The minimum absolute atomic E-state index is 0.0462. The maximum Gasteiger partial charge on any atom is 0.242 e. The number of nitrogens with zero attached hydrogens (tertiary/aromatic N) is 3. The maximum absolute atomic E-state index is 13.0. The van der Waals surface area contributed by atoms with Crippen molar-refractivity contribution in [3.63, 3.8) is 0 Å². The number of amides is 1. The lowest BCUT2D eigenvalue weighted by Gasteiger charge is -2.11. The lowest BCUT2D eigenvalue weighted by molar-refractivity contribution is -0.127. The number of carbonyl (C=O) groups is 1. The molecule has 1 aliphatic heterocycles. The van der Waals surface area contributed by atoms with E-state index in [2.05, 4.69) is 10.1 Å². The molecule has 0 radical (unpaired) electrons. The smallest absolute Gasteiger partial charge is 0.242 e. The molecule has 1 aliphatic rings.